The number of nitrogens with one attached hydrogen (secondary N) is 1. The number of aromatic amines is 1. The van der Waals surface area contributed by atoms with Crippen molar-refractivity contribution in [2.24, 2.45) is 7.05 Å². The number of benzene rings is 1. The third-order valence-electron chi connectivity index (χ3n) is 6.74. The van der Waals surface area contributed by atoms with Crippen molar-refractivity contribution >= 4 is 23.1 Å². The lowest BCUT2D eigenvalue weighted by Crippen LogP contribution is -2.35. The normalized spacial score (nSPS) is 15.5. The largest absolute Gasteiger partial charge is 0.476 e. The molecule has 0 radical (unpaired) electrons. The molecular formula is C28H37N7O2. The molecule has 0 aliphatic carbocycles. The number of hydrogen-bond donors (Lipinski definition) is 1. The molecule has 3 aromatic heterocycles. The summed E-state index contributed by atoms with van der Waals surface area (Å²) in [5.41, 5.74) is 6.01. The molecule has 0 atom stereocenters. The van der Waals surface area contributed by atoms with E-state index in [1.165, 1.54) is 0 Å². The summed E-state index contributed by atoms with van der Waals surface area (Å²) in [5, 5.41) is 18.2. The highest BCUT2D eigenvalue weighted by atomic mass is 16.5. The quantitative estimate of drug-likeness (QED) is 0.406. The number of ether oxygens (including phenoxy) is 2. The van der Waals surface area contributed by atoms with E-state index >= 15 is 0 Å². The van der Waals surface area contributed by atoms with Crippen LogP contribution in [0.15, 0.2) is 24.4 Å². The lowest BCUT2D eigenvalue weighted by Gasteiger charge is -2.27. The van der Waals surface area contributed by atoms with Crippen molar-refractivity contribution in [3.63, 3.8) is 0 Å². The van der Waals surface area contributed by atoms with Crippen molar-refractivity contribution in [1.29, 1.82) is 0 Å². The van der Waals surface area contributed by atoms with Gasteiger partial charge >= 0.3 is 0 Å². The molecule has 5 rings (SSSR count). The minimum Gasteiger partial charge on any atom is -0.476 e. The number of nitrogens with zero attached hydrogens (tertiary/aromatic N) is 6. The SMILES string of the molecule is CCCn1nc(OC(C)C)c2c1CN(C(C)C)CCOc1c(cnn1C)-c1ccc3n[nH]c(c3c1)/C=C/2. The second-order valence-corrected chi connectivity index (χ2v) is 10.2. The summed E-state index contributed by atoms with van der Waals surface area (Å²) < 4.78 is 16.5. The Labute approximate surface area is 218 Å². The van der Waals surface area contributed by atoms with Gasteiger partial charge in [-0.25, -0.2) is 4.68 Å². The molecule has 196 valence electrons. The zero-order valence-electron chi connectivity index (χ0n) is 22.7. The van der Waals surface area contributed by atoms with Crippen LogP contribution in [-0.4, -0.2) is 60.0 Å². The van der Waals surface area contributed by atoms with Gasteiger partial charge in [0.2, 0.25) is 11.8 Å². The van der Waals surface area contributed by atoms with E-state index in [9.17, 15) is 0 Å². The Kier molecular flexibility index (Phi) is 7.06. The predicted octanol–water partition coefficient (Wildman–Crippen LogP) is 5.13. The second-order valence-electron chi connectivity index (χ2n) is 10.2. The maximum Gasteiger partial charge on any atom is 0.240 e. The van der Waals surface area contributed by atoms with E-state index in [0.717, 1.165) is 70.9 Å². The number of H-pyrrole nitrogens is 1. The van der Waals surface area contributed by atoms with E-state index in [1.807, 2.05) is 33.2 Å². The predicted molar refractivity (Wildman–Crippen MR) is 147 cm³/mol. The first-order chi connectivity index (χ1) is 17.9. The molecule has 1 aliphatic heterocycles. The second kappa shape index (κ2) is 10.4. The van der Waals surface area contributed by atoms with Gasteiger partial charge in [0.15, 0.2) is 0 Å². The van der Waals surface area contributed by atoms with Gasteiger partial charge in [0.25, 0.3) is 0 Å². The molecule has 0 fully saturated rings. The highest BCUT2D eigenvalue weighted by Gasteiger charge is 2.23. The van der Waals surface area contributed by atoms with Gasteiger partial charge < -0.3 is 9.47 Å². The monoisotopic (exact) mass is 503 g/mol. The van der Waals surface area contributed by atoms with Crippen molar-refractivity contribution in [3.8, 4) is 22.9 Å². The van der Waals surface area contributed by atoms with Crippen LogP contribution in [0.5, 0.6) is 11.8 Å². The molecular weight excluding hydrogens is 466 g/mol. The number of hydrogen-bond acceptors (Lipinski definition) is 6. The summed E-state index contributed by atoms with van der Waals surface area (Å²) >= 11 is 0. The zero-order chi connectivity index (χ0) is 26.1. The van der Waals surface area contributed by atoms with Crippen LogP contribution >= 0.6 is 0 Å². The molecule has 0 spiro atoms. The highest BCUT2D eigenvalue weighted by Crippen LogP contribution is 2.34. The highest BCUT2D eigenvalue weighted by molar-refractivity contribution is 5.93. The van der Waals surface area contributed by atoms with Crippen LogP contribution < -0.4 is 9.47 Å². The molecule has 1 aromatic carbocycles. The first-order valence-corrected chi connectivity index (χ1v) is 13.2. The van der Waals surface area contributed by atoms with Crippen LogP contribution in [0.3, 0.4) is 0 Å². The molecule has 0 saturated carbocycles. The summed E-state index contributed by atoms with van der Waals surface area (Å²) in [6.45, 7) is 13.6. The molecule has 9 nitrogen and oxygen atoms in total. The molecule has 2 bridgehead atoms. The lowest BCUT2D eigenvalue weighted by molar-refractivity contribution is 0.160. The number of fused-ring (bicyclic) bond motifs is 4. The molecule has 9 heteroatoms. The Bertz CT molecular complexity index is 1410. The zero-order valence-corrected chi connectivity index (χ0v) is 22.7. The van der Waals surface area contributed by atoms with Gasteiger partial charge in [-0.05, 0) is 64.0 Å². The van der Waals surface area contributed by atoms with Crippen molar-refractivity contribution in [1.82, 2.24) is 34.7 Å². The van der Waals surface area contributed by atoms with Crippen LogP contribution in [0.2, 0.25) is 0 Å². The van der Waals surface area contributed by atoms with E-state index in [0.29, 0.717) is 18.5 Å². The minimum atomic E-state index is 0.0244. The first kappa shape index (κ1) is 25.1. The Hall–Kier alpha value is -3.59. The van der Waals surface area contributed by atoms with Gasteiger partial charge in [-0.3, -0.25) is 14.7 Å². The Morgan fingerprint density at radius 2 is 2.00 bits per heavy atom. The summed E-state index contributed by atoms with van der Waals surface area (Å²) in [5.74, 6) is 1.44. The molecule has 4 aromatic rings. The topological polar surface area (TPSA) is 86.0 Å². The first-order valence-electron chi connectivity index (χ1n) is 13.2. The number of rotatable bonds is 5. The van der Waals surface area contributed by atoms with E-state index < -0.39 is 0 Å². The van der Waals surface area contributed by atoms with Gasteiger partial charge in [-0.1, -0.05) is 13.0 Å². The van der Waals surface area contributed by atoms with E-state index in [1.54, 1.807) is 4.68 Å². The summed E-state index contributed by atoms with van der Waals surface area (Å²) in [6, 6.07) is 6.57. The number of aryl methyl sites for hydroxylation is 2. The standard InChI is InChI=1S/C28H37N7O2/c1-7-12-35-26-17-34(18(2)3)13-14-36-28-23(16-29-33(28)6)20-8-10-24-22(15-20)25(31-30-24)11-9-21(26)27(32-35)37-19(4)5/h8-11,15-16,18-19H,7,12-14,17H2,1-6H3,(H,30,31)/b11-9+. The van der Waals surface area contributed by atoms with Gasteiger partial charge in [-0.15, -0.1) is 5.10 Å². The van der Waals surface area contributed by atoms with E-state index in [-0.39, 0.29) is 6.10 Å². The maximum absolute atomic E-state index is 6.36. The van der Waals surface area contributed by atoms with Crippen molar-refractivity contribution in [2.75, 3.05) is 13.2 Å². The fourth-order valence-electron chi connectivity index (χ4n) is 4.79. The molecule has 4 heterocycles. The third kappa shape index (κ3) is 5.00. The van der Waals surface area contributed by atoms with Crippen LogP contribution in [0, 0.1) is 0 Å². The lowest BCUT2D eigenvalue weighted by atomic mass is 10.1. The van der Waals surface area contributed by atoms with Crippen molar-refractivity contribution < 1.29 is 9.47 Å². The van der Waals surface area contributed by atoms with Gasteiger partial charge in [0, 0.05) is 38.1 Å². The molecule has 0 unspecified atom stereocenters. The average molecular weight is 504 g/mol. The maximum atomic E-state index is 6.36. The smallest absolute Gasteiger partial charge is 0.240 e. The van der Waals surface area contributed by atoms with Crippen LogP contribution in [0.1, 0.15) is 58.0 Å². The third-order valence-corrected chi connectivity index (χ3v) is 6.74. The molecule has 1 N–H and O–H groups in total. The minimum absolute atomic E-state index is 0.0244. The number of aromatic nitrogens is 6. The van der Waals surface area contributed by atoms with Gasteiger partial charge in [0.1, 0.15) is 6.61 Å². The van der Waals surface area contributed by atoms with E-state index in [4.69, 9.17) is 14.6 Å². The Balaban J connectivity index is 1.69. The van der Waals surface area contributed by atoms with E-state index in [2.05, 4.69) is 69.9 Å². The molecule has 1 aliphatic rings. The average Bonchev–Trinajstić information content (AvgIpc) is 3.52. The fourth-order valence-corrected chi connectivity index (χ4v) is 4.79. The summed E-state index contributed by atoms with van der Waals surface area (Å²) in [6.07, 6.45) is 7.09. The Morgan fingerprint density at radius 1 is 1.16 bits per heavy atom. The van der Waals surface area contributed by atoms with Crippen molar-refractivity contribution in [2.45, 2.75) is 66.3 Å². The molecule has 37 heavy (non-hydrogen) atoms. The van der Waals surface area contributed by atoms with Crippen LogP contribution in [-0.2, 0) is 20.1 Å². The summed E-state index contributed by atoms with van der Waals surface area (Å²) in [4.78, 5) is 2.42. The summed E-state index contributed by atoms with van der Waals surface area (Å²) in [7, 11) is 1.92. The van der Waals surface area contributed by atoms with Gasteiger partial charge in [0.05, 0.1) is 40.3 Å². The molecule has 0 amide bonds. The van der Waals surface area contributed by atoms with Crippen LogP contribution in [0.4, 0.5) is 0 Å². The van der Waals surface area contributed by atoms with Crippen molar-refractivity contribution in [3.05, 3.63) is 41.3 Å². The Morgan fingerprint density at radius 3 is 2.76 bits per heavy atom. The fraction of sp³-hybridized carbons (Fsp3) is 0.464. The van der Waals surface area contributed by atoms with Crippen LogP contribution in [0.25, 0.3) is 34.2 Å². The van der Waals surface area contributed by atoms with Gasteiger partial charge in [-0.2, -0.15) is 10.2 Å². The molecule has 0 saturated heterocycles.